The number of Topliss-reactive ketones (excluding diaryl/α,β-unsaturated/α-hetero) is 1. The van der Waals surface area contributed by atoms with E-state index in [4.69, 9.17) is 11.5 Å². The second-order valence-electron chi connectivity index (χ2n) is 5.49. The van der Waals surface area contributed by atoms with E-state index >= 15 is 0 Å². The Balaban J connectivity index is 3.20. The molecule has 0 fully saturated rings. The van der Waals surface area contributed by atoms with Crippen LogP contribution in [0.3, 0.4) is 0 Å². The summed E-state index contributed by atoms with van der Waals surface area (Å²) in [4.78, 5) is 12.4. The molecule has 0 aliphatic rings. The molecule has 1 aromatic rings. The summed E-state index contributed by atoms with van der Waals surface area (Å²) in [5.41, 5.74) is 10.0. The largest absolute Gasteiger partial charge is 0.319 e. The molecule has 112 valence electrons. The van der Waals surface area contributed by atoms with Gasteiger partial charge in [-0.2, -0.15) is 0 Å². The highest BCUT2D eigenvalue weighted by atomic mass is 32.2. The van der Waals surface area contributed by atoms with Gasteiger partial charge in [-0.3, -0.25) is 4.79 Å². The number of nitrogens with one attached hydrogen (secondary N) is 1. The number of hydrogen-bond donors (Lipinski definition) is 3. The summed E-state index contributed by atoms with van der Waals surface area (Å²) < 4.78 is 25.5. The summed E-state index contributed by atoms with van der Waals surface area (Å²) in [5, 5.41) is 0. The van der Waals surface area contributed by atoms with Gasteiger partial charge in [-0.05, 0) is 45.5 Å². The standard InChI is InChI=1S/C13H21N3O3S/c1-12(2,14)11(17)13(3,15)9-5-7-10(8-6-9)20(18,19)16-4/h5-8,16H,14-15H2,1-4H3. The first-order chi connectivity index (χ1) is 8.93. The number of benzene rings is 1. The maximum Gasteiger partial charge on any atom is 0.240 e. The quantitative estimate of drug-likeness (QED) is 0.712. The summed E-state index contributed by atoms with van der Waals surface area (Å²) in [6.07, 6.45) is 0. The average molecular weight is 299 g/mol. The van der Waals surface area contributed by atoms with Crippen molar-refractivity contribution in [3.05, 3.63) is 29.8 Å². The van der Waals surface area contributed by atoms with E-state index in [0.717, 1.165) is 0 Å². The Bertz CT molecular complexity index is 599. The van der Waals surface area contributed by atoms with Crippen LogP contribution in [0.1, 0.15) is 26.3 Å². The van der Waals surface area contributed by atoms with Crippen LogP contribution in [0.5, 0.6) is 0 Å². The Labute approximate surface area is 119 Å². The predicted octanol–water partition coefficient (Wildman–Crippen LogP) is 0.0750. The van der Waals surface area contributed by atoms with Crippen molar-refractivity contribution in [3.63, 3.8) is 0 Å². The molecule has 0 saturated carbocycles. The molecule has 6 nitrogen and oxygen atoms in total. The highest BCUT2D eigenvalue weighted by molar-refractivity contribution is 7.89. The number of carbonyl (C=O) groups is 1. The molecule has 0 saturated heterocycles. The maximum atomic E-state index is 12.2. The maximum absolute atomic E-state index is 12.2. The molecule has 0 amide bonds. The summed E-state index contributed by atoms with van der Waals surface area (Å²) in [5.74, 6) is -0.325. The normalized spacial score (nSPS) is 15.7. The molecule has 1 unspecified atom stereocenters. The predicted molar refractivity (Wildman–Crippen MR) is 77.5 cm³/mol. The van der Waals surface area contributed by atoms with E-state index in [1.807, 2.05) is 0 Å². The zero-order valence-corrected chi connectivity index (χ0v) is 12.9. The lowest BCUT2D eigenvalue weighted by atomic mass is 9.80. The van der Waals surface area contributed by atoms with Crippen molar-refractivity contribution < 1.29 is 13.2 Å². The van der Waals surface area contributed by atoms with Crippen LogP contribution in [0.15, 0.2) is 29.2 Å². The van der Waals surface area contributed by atoms with Gasteiger partial charge in [0.05, 0.1) is 16.0 Å². The van der Waals surface area contributed by atoms with Crippen LogP contribution < -0.4 is 16.2 Å². The lowest BCUT2D eigenvalue weighted by Crippen LogP contribution is -2.56. The lowest BCUT2D eigenvalue weighted by Gasteiger charge is -2.30. The number of carbonyl (C=O) groups excluding carboxylic acids is 1. The van der Waals surface area contributed by atoms with Gasteiger partial charge in [0.25, 0.3) is 0 Å². The van der Waals surface area contributed by atoms with E-state index in [0.29, 0.717) is 5.56 Å². The third-order valence-corrected chi connectivity index (χ3v) is 4.52. The Kier molecular flexibility index (Phi) is 4.40. The molecular formula is C13H21N3O3S. The van der Waals surface area contributed by atoms with E-state index in [1.165, 1.54) is 31.3 Å². The minimum atomic E-state index is -3.51. The van der Waals surface area contributed by atoms with Gasteiger partial charge >= 0.3 is 0 Å². The smallest absolute Gasteiger partial charge is 0.240 e. The molecule has 20 heavy (non-hydrogen) atoms. The van der Waals surface area contributed by atoms with E-state index in [2.05, 4.69) is 4.72 Å². The van der Waals surface area contributed by atoms with Gasteiger partial charge in [-0.1, -0.05) is 12.1 Å². The van der Waals surface area contributed by atoms with E-state index in [9.17, 15) is 13.2 Å². The molecule has 0 heterocycles. The Morgan fingerprint density at radius 1 is 1.10 bits per heavy atom. The van der Waals surface area contributed by atoms with E-state index < -0.39 is 21.1 Å². The number of sulfonamides is 1. The fourth-order valence-electron chi connectivity index (χ4n) is 1.90. The van der Waals surface area contributed by atoms with Crippen LogP contribution in [0.25, 0.3) is 0 Å². The zero-order valence-electron chi connectivity index (χ0n) is 12.1. The summed E-state index contributed by atoms with van der Waals surface area (Å²) in [7, 11) is -2.18. The molecule has 1 atom stereocenters. The van der Waals surface area contributed by atoms with Crippen LogP contribution >= 0.6 is 0 Å². The first-order valence-electron chi connectivity index (χ1n) is 6.09. The highest BCUT2D eigenvalue weighted by Crippen LogP contribution is 2.24. The molecule has 0 bridgehead atoms. The van der Waals surface area contributed by atoms with Gasteiger partial charge in [0.15, 0.2) is 5.78 Å². The van der Waals surface area contributed by atoms with Gasteiger partial charge in [0.1, 0.15) is 0 Å². The summed E-state index contributed by atoms with van der Waals surface area (Å²) in [6, 6.07) is 5.86. The molecule has 5 N–H and O–H groups in total. The van der Waals surface area contributed by atoms with Crippen molar-refractivity contribution in [1.29, 1.82) is 0 Å². The van der Waals surface area contributed by atoms with E-state index in [1.54, 1.807) is 20.8 Å². The molecule has 0 aliphatic heterocycles. The van der Waals surface area contributed by atoms with Gasteiger partial charge in [-0.25, -0.2) is 13.1 Å². The number of hydrogen-bond acceptors (Lipinski definition) is 5. The second kappa shape index (κ2) is 5.25. The van der Waals surface area contributed by atoms with Gasteiger partial charge in [-0.15, -0.1) is 0 Å². The fraction of sp³-hybridized carbons (Fsp3) is 0.462. The molecule has 1 aromatic carbocycles. The molecule has 0 aliphatic carbocycles. The zero-order chi connectivity index (χ0) is 15.8. The Hall–Kier alpha value is -1.28. The van der Waals surface area contributed by atoms with Crippen molar-refractivity contribution in [1.82, 2.24) is 4.72 Å². The van der Waals surface area contributed by atoms with Gasteiger partial charge in [0.2, 0.25) is 10.0 Å². The summed E-state index contributed by atoms with van der Waals surface area (Å²) in [6.45, 7) is 4.73. The number of ketones is 1. The average Bonchev–Trinajstić information content (AvgIpc) is 2.37. The highest BCUT2D eigenvalue weighted by Gasteiger charge is 2.38. The molecule has 7 heteroatoms. The number of rotatable bonds is 5. The van der Waals surface area contributed by atoms with Crippen LogP contribution in [0, 0.1) is 0 Å². The lowest BCUT2D eigenvalue weighted by molar-refractivity contribution is -0.128. The molecule has 0 radical (unpaired) electrons. The second-order valence-corrected chi connectivity index (χ2v) is 7.37. The monoisotopic (exact) mass is 299 g/mol. The van der Waals surface area contributed by atoms with Gasteiger partial charge < -0.3 is 11.5 Å². The van der Waals surface area contributed by atoms with Crippen LogP contribution in [0.2, 0.25) is 0 Å². The van der Waals surface area contributed by atoms with Crippen LogP contribution in [-0.4, -0.2) is 26.8 Å². The first-order valence-corrected chi connectivity index (χ1v) is 7.58. The van der Waals surface area contributed by atoms with Crippen molar-refractivity contribution in [2.24, 2.45) is 11.5 Å². The van der Waals surface area contributed by atoms with Crippen molar-refractivity contribution >= 4 is 15.8 Å². The molecule has 0 aromatic heterocycles. The molecule has 0 spiro atoms. The van der Waals surface area contributed by atoms with Crippen LogP contribution in [0.4, 0.5) is 0 Å². The minimum Gasteiger partial charge on any atom is -0.319 e. The molecule has 1 rings (SSSR count). The number of nitrogens with two attached hydrogens (primary N) is 2. The first kappa shape index (κ1) is 16.8. The topological polar surface area (TPSA) is 115 Å². The van der Waals surface area contributed by atoms with Crippen molar-refractivity contribution in [2.75, 3.05) is 7.05 Å². The van der Waals surface area contributed by atoms with E-state index in [-0.39, 0.29) is 10.7 Å². The van der Waals surface area contributed by atoms with Gasteiger partial charge in [0, 0.05) is 0 Å². The van der Waals surface area contributed by atoms with Crippen molar-refractivity contribution in [2.45, 2.75) is 36.7 Å². The van der Waals surface area contributed by atoms with Crippen molar-refractivity contribution in [3.8, 4) is 0 Å². The third kappa shape index (κ3) is 3.24. The Morgan fingerprint density at radius 2 is 1.55 bits per heavy atom. The van der Waals surface area contributed by atoms with Crippen LogP contribution in [-0.2, 0) is 20.4 Å². The third-order valence-electron chi connectivity index (χ3n) is 3.09. The summed E-state index contributed by atoms with van der Waals surface area (Å²) >= 11 is 0. The fourth-order valence-corrected chi connectivity index (χ4v) is 2.63. The Morgan fingerprint density at radius 3 is 1.90 bits per heavy atom. The SMILES string of the molecule is CNS(=O)(=O)c1ccc(C(C)(N)C(=O)C(C)(C)N)cc1. The minimum absolute atomic E-state index is 0.110. The molecular weight excluding hydrogens is 278 g/mol.